The van der Waals surface area contributed by atoms with Crippen LogP contribution in [-0.2, 0) is 16.1 Å². The molecule has 0 saturated carbocycles. The van der Waals surface area contributed by atoms with Gasteiger partial charge in [0.05, 0.1) is 11.6 Å². The molecule has 0 saturated heterocycles. The second-order valence-corrected chi connectivity index (χ2v) is 11.2. The van der Waals surface area contributed by atoms with Crippen molar-refractivity contribution in [1.29, 1.82) is 0 Å². The smallest absolute Gasteiger partial charge is 0.339 e. The Hall–Kier alpha value is -3.90. The standard InChI is InChI=1S/C33H35ClN2O4/c1-5-6-16-27-35-30(34)28(31(37)38)29(24-12-8-7-9-13-24)36(27)21-22-17-19-23(20-18-22)25-14-10-11-15-26(25)32(39)40-33(2,3)4/h7-15,17-20,29H,5-6,16,21H2,1-4H3,(H,37,38). The second kappa shape index (κ2) is 12.5. The van der Waals surface area contributed by atoms with Crippen LogP contribution in [0.4, 0.5) is 0 Å². The molecule has 1 atom stereocenters. The number of carbonyl (C=O) groups is 2. The van der Waals surface area contributed by atoms with Gasteiger partial charge in [-0.15, -0.1) is 0 Å². The highest BCUT2D eigenvalue weighted by molar-refractivity contribution is 6.32. The maximum Gasteiger partial charge on any atom is 0.339 e. The number of aliphatic imine (C=N–C) groups is 1. The topological polar surface area (TPSA) is 79.2 Å². The van der Waals surface area contributed by atoms with Crippen LogP contribution in [0.1, 0.15) is 74.5 Å². The van der Waals surface area contributed by atoms with Crippen LogP contribution in [0.2, 0.25) is 0 Å². The zero-order chi connectivity index (χ0) is 28.9. The number of ether oxygens (including phenoxy) is 1. The van der Waals surface area contributed by atoms with Crippen molar-refractivity contribution in [3.63, 3.8) is 0 Å². The summed E-state index contributed by atoms with van der Waals surface area (Å²) in [6, 6.07) is 24.3. The van der Waals surface area contributed by atoms with Gasteiger partial charge in [-0.25, -0.2) is 14.6 Å². The minimum atomic E-state index is -1.09. The van der Waals surface area contributed by atoms with Crippen molar-refractivity contribution in [2.45, 2.75) is 65.1 Å². The number of benzene rings is 3. The van der Waals surface area contributed by atoms with E-state index in [4.69, 9.17) is 16.3 Å². The van der Waals surface area contributed by atoms with Crippen LogP contribution in [0.15, 0.2) is 94.6 Å². The minimum absolute atomic E-state index is 0.0257. The predicted octanol–water partition coefficient (Wildman–Crippen LogP) is 7.99. The van der Waals surface area contributed by atoms with Crippen LogP contribution in [0.5, 0.6) is 0 Å². The van der Waals surface area contributed by atoms with Crippen molar-refractivity contribution in [3.05, 3.63) is 106 Å². The van der Waals surface area contributed by atoms with Gasteiger partial charge < -0.3 is 14.7 Å². The Balaban J connectivity index is 1.69. The third-order valence-electron chi connectivity index (χ3n) is 6.63. The molecule has 0 amide bonds. The van der Waals surface area contributed by atoms with E-state index in [0.717, 1.165) is 40.9 Å². The maximum atomic E-state index is 12.9. The van der Waals surface area contributed by atoms with Crippen LogP contribution < -0.4 is 0 Å². The first-order valence-corrected chi connectivity index (χ1v) is 13.9. The zero-order valence-corrected chi connectivity index (χ0v) is 24.1. The lowest BCUT2D eigenvalue weighted by Gasteiger charge is -2.38. The van der Waals surface area contributed by atoms with Crippen LogP contribution in [-0.4, -0.2) is 33.4 Å². The minimum Gasteiger partial charge on any atom is -0.478 e. The lowest BCUT2D eigenvalue weighted by molar-refractivity contribution is -0.133. The summed E-state index contributed by atoms with van der Waals surface area (Å²) in [6.45, 7) is 8.10. The van der Waals surface area contributed by atoms with Gasteiger partial charge in [-0.2, -0.15) is 0 Å². The average molecular weight is 559 g/mol. The van der Waals surface area contributed by atoms with Gasteiger partial charge in [0.15, 0.2) is 0 Å². The van der Waals surface area contributed by atoms with Crippen LogP contribution in [0.25, 0.3) is 11.1 Å². The van der Waals surface area contributed by atoms with Crippen LogP contribution >= 0.6 is 11.6 Å². The summed E-state index contributed by atoms with van der Waals surface area (Å²) in [7, 11) is 0. The molecule has 208 valence electrons. The van der Waals surface area contributed by atoms with Gasteiger partial charge >= 0.3 is 11.9 Å². The molecule has 40 heavy (non-hydrogen) atoms. The number of hydrogen-bond donors (Lipinski definition) is 1. The molecule has 0 radical (unpaired) electrons. The summed E-state index contributed by atoms with van der Waals surface area (Å²) in [6.07, 6.45) is 2.57. The third kappa shape index (κ3) is 6.80. The fraction of sp³-hybridized carbons (Fsp3) is 0.303. The van der Waals surface area contributed by atoms with Crippen molar-refractivity contribution >= 4 is 29.4 Å². The molecule has 4 rings (SSSR count). The number of carbonyl (C=O) groups excluding carboxylic acids is 1. The van der Waals surface area contributed by atoms with Crippen molar-refractivity contribution in [2.24, 2.45) is 4.99 Å². The Labute approximate surface area is 241 Å². The highest BCUT2D eigenvalue weighted by Gasteiger charge is 2.36. The lowest BCUT2D eigenvalue weighted by Crippen LogP contribution is -2.39. The van der Waals surface area contributed by atoms with E-state index in [1.165, 1.54) is 0 Å². The Morgan fingerprint density at radius 2 is 1.62 bits per heavy atom. The highest BCUT2D eigenvalue weighted by Crippen LogP contribution is 2.38. The van der Waals surface area contributed by atoms with Gasteiger partial charge in [0, 0.05) is 13.0 Å². The number of carboxylic acids is 1. The molecule has 0 spiro atoms. The van der Waals surface area contributed by atoms with Gasteiger partial charge in [-0.05, 0) is 55.5 Å². The molecule has 0 aliphatic carbocycles. The summed E-state index contributed by atoms with van der Waals surface area (Å²) < 4.78 is 5.62. The Kier molecular flexibility index (Phi) is 9.10. The molecule has 1 unspecified atom stereocenters. The number of esters is 1. The Morgan fingerprint density at radius 3 is 2.25 bits per heavy atom. The highest BCUT2D eigenvalue weighted by atomic mass is 35.5. The van der Waals surface area contributed by atoms with Crippen molar-refractivity contribution in [2.75, 3.05) is 0 Å². The number of rotatable bonds is 9. The number of hydrogen-bond acceptors (Lipinski definition) is 5. The summed E-state index contributed by atoms with van der Waals surface area (Å²) in [5.74, 6) is -0.686. The van der Waals surface area contributed by atoms with E-state index in [2.05, 4.69) is 11.9 Å². The van der Waals surface area contributed by atoms with E-state index in [9.17, 15) is 14.7 Å². The molecule has 6 nitrogen and oxygen atoms in total. The zero-order valence-electron chi connectivity index (χ0n) is 23.4. The van der Waals surface area contributed by atoms with Gasteiger partial charge in [0.25, 0.3) is 0 Å². The van der Waals surface area contributed by atoms with E-state index >= 15 is 0 Å². The van der Waals surface area contributed by atoms with Gasteiger partial charge in [0.1, 0.15) is 22.2 Å². The Bertz CT molecular complexity index is 1420. The van der Waals surface area contributed by atoms with E-state index in [0.29, 0.717) is 18.5 Å². The Morgan fingerprint density at radius 1 is 0.975 bits per heavy atom. The number of aliphatic carboxylic acids is 1. The fourth-order valence-electron chi connectivity index (χ4n) is 4.79. The summed E-state index contributed by atoms with van der Waals surface area (Å²) in [4.78, 5) is 31.9. The maximum absolute atomic E-state index is 12.9. The van der Waals surface area contributed by atoms with Gasteiger partial charge in [-0.3, -0.25) is 0 Å². The fourth-order valence-corrected chi connectivity index (χ4v) is 5.07. The predicted molar refractivity (Wildman–Crippen MR) is 159 cm³/mol. The summed E-state index contributed by atoms with van der Waals surface area (Å²) >= 11 is 6.48. The lowest BCUT2D eigenvalue weighted by atomic mass is 9.94. The molecule has 0 fully saturated rings. The number of carboxylic acid groups (broad SMARTS) is 1. The van der Waals surface area contributed by atoms with Crippen LogP contribution in [0.3, 0.4) is 0 Å². The van der Waals surface area contributed by atoms with E-state index in [1.54, 1.807) is 6.07 Å². The molecular weight excluding hydrogens is 524 g/mol. The normalized spacial score (nSPS) is 15.6. The van der Waals surface area contributed by atoms with Crippen LogP contribution in [0, 0.1) is 0 Å². The third-order valence-corrected chi connectivity index (χ3v) is 6.92. The van der Waals surface area contributed by atoms with E-state index < -0.39 is 17.6 Å². The summed E-state index contributed by atoms with van der Waals surface area (Å²) in [5.41, 5.74) is 3.47. The molecular formula is C33H35ClN2O4. The van der Waals surface area contributed by atoms with Crippen molar-refractivity contribution in [1.82, 2.24) is 4.90 Å². The SMILES string of the molecule is CCCCC1=NC(Cl)=C(C(=O)O)C(c2ccccc2)N1Cc1ccc(-c2ccccc2C(=O)OC(C)(C)C)cc1. The molecule has 1 heterocycles. The van der Waals surface area contributed by atoms with Gasteiger partial charge in [-0.1, -0.05) is 97.7 Å². The molecule has 1 aliphatic heterocycles. The number of unbranched alkanes of at least 4 members (excludes halogenated alkanes) is 1. The average Bonchev–Trinajstić information content (AvgIpc) is 2.92. The molecule has 0 bridgehead atoms. The molecule has 3 aromatic carbocycles. The molecule has 7 heteroatoms. The van der Waals surface area contributed by atoms with Crippen molar-refractivity contribution < 1.29 is 19.4 Å². The number of halogens is 1. The quantitative estimate of drug-likeness (QED) is 0.213. The first kappa shape index (κ1) is 29.1. The van der Waals surface area contributed by atoms with E-state index in [1.807, 2.05) is 98.5 Å². The second-order valence-electron chi connectivity index (χ2n) is 10.8. The first-order chi connectivity index (χ1) is 19.1. The molecule has 0 aromatic heterocycles. The largest absolute Gasteiger partial charge is 0.478 e. The first-order valence-electron chi connectivity index (χ1n) is 13.5. The molecule has 3 aromatic rings. The number of nitrogens with zero attached hydrogens (tertiary/aromatic N) is 2. The van der Waals surface area contributed by atoms with Crippen molar-refractivity contribution in [3.8, 4) is 11.1 Å². The molecule has 1 aliphatic rings. The monoisotopic (exact) mass is 558 g/mol. The number of amidine groups is 1. The molecule has 1 N–H and O–H groups in total. The van der Waals surface area contributed by atoms with E-state index in [-0.39, 0.29) is 16.7 Å². The summed E-state index contributed by atoms with van der Waals surface area (Å²) in [5, 5.41) is 10.1. The van der Waals surface area contributed by atoms with Gasteiger partial charge in [0.2, 0.25) is 0 Å².